The molecular weight excluding hydrogens is 359 g/mol. The lowest BCUT2D eigenvalue weighted by Crippen LogP contribution is -2.34. The number of nitrogens with zero attached hydrogens (tertiary/aromatic N) is 3. The zero-order chi connectivity index (χ0) is 18.3. The van der Waals surface area contributed by atoms with Gasteiger partial charge in [-0.15, -0.1) is 0 Å². The van der Waals surface area contributed by atoms with E-state index in [0.717, 1.165) is 16.0 Å². The predicted molar refractivity (Wildman–Crippen MR) is 90.9 cm³/mol. The first kappa shape index (κ1) is 16.2. The van der Waals surface area contributed by atoms with Gasteiger partial charge in [0.1, 0.15) is 11.4 Å². The van der Waals surface area contributed by atoms with Crippen molar-refractivity contribution in [1.29, 1.82) is 0 Å². The van der Waals surface area contributed by atoms with Crippen LogP contribution < -0.4 is 5.32 Å². The summed E-state index contributed by atoms with van der Waals surface area (Å²) in [5.74, 6) is -2.06. The minimum Gasteiger partial charge on any atom is -0.296 e. The van der Waals surface area contributed by atoms with Crippen LogP contribution >= 0.6 is 11.3 Å². The Labute approximate surface area is 149 Å². The molecule has 1 aromatic heterocycles. The Balaban J connectivity index is 1.53. The molecule has 26 heavy (non-hydrogen) atoms. The van der Waals surface area contributed by atoms with Crippen LogP contribution in [-0.2, 0) is 4.79 Å². The Morgan fingerprint density at radius 2 is 1.92 bits per heavy atom. The molecule has 2 heterocycles. The third kappa shape index (κ3) is 2.88. The van der Waals surface area contributed by atoms with E-state index < -0.39 is 30.1 Å². The highest BCUT2D eigenvalue weighted by atomic mass is 32.1. The fraction of sp³-hybridized carbons (Fsp3) is 0.0588. The molecule has 7 nitrogen and oxygen atoms in total. The molecule has 0 radical (unpaired) electrons. The highest BCUT2D eigenvalue weighted by molar-refractivity contribution is 7.22. The Kier molecular flexibility index (Phi) is 3.85. The van der Waals surface area contributed by atoms with Crippen LogP contribution in [0.1, 0.15) is 20.7 Å². The Morgan fingerprint density at radius 1 is 1.15 bits per heavy atom. The van der Waals surface area contributed by atoms with Crippen molar-refractivity contribution in [3.8, 4) is 0 Å². The normalized spacial score (nSPS) is 13.5. The summed E-state index contributed by atoms with van der Waals surface area (Å²) in [6.07, 6.45) is 0. The maximum atomic E-state index is 13.2. The van der Waals surface area contributed by atoms with Crippen molar-refractivity contribution < 1.29 is 23.5 Å². The molecule has 0 saturated heterocycles. The number of benzene rings is 2. The molecule has 0 bridgehead atoms. The van der Waals surface area contributed by atoms with Crippen molar-refractivity contribution in [3.05, 3.63) is 59.4 Å². The zero-order valence-electron chi connectivity index (χ0n) is 13.1. The summed E-state index contributed by atoms with van der Waals surface area (Å²) < 4.78 is 14.6. The van der Waals surface area contributed by atoms with Gasteiger partial charge in [-0.25, -0.2) is 14.2 Å². The molecule has 2 aromatic carbocycles. The summed E-state index contributed by atoms with van der Waals surface area (Å²) in [7, 11) is 0. The van der Waals surface area contributed by atoms with Crippen molar-refractivity contribution >= 4 is 44.4 Å². The van der Waals surface area contributed by atoms with Crippen LogP contribution in [0, 0.1) is 5.82 Å². The first-order valence-electron chi connectivity index (χ1n) is 7.54. The molecule has 0 aliphatic carbocycles. The van der Waals surface area contributed by atoms with E-state index in [1.807, 2.05) is 0 Å². The number of amides is 3. The van der Waals surface area contributed by atoms with Crippen LogP contribution in [0.3, 0.4) is 0 Å². The van der Waals surface area contributed by atoms with Gasteiger partial charge in [0.15, 0.2) is 5.13 Å². The summed E-state index contributed by atoms with van der Waals surface area (Å²) in [6.45, 7) is -0.427. The second kappa shape index (κ2) is 6.19. The van der Waals surface area contributed by atoms with Gasteiger partial charge in [0.05, 0.1) is 15.8 Å². The number of anilines is 1. The van der Waals surface area contributed by atoms with Crippen molar-refractivity contribution in [2.75, 3.05) is 11.9 Å². The lowest BCUT2D eigenvalue weighted by atomic mass is 10.1. The average molecular weight is 369 g/mol. The molecule has 1 aliphatic rings. The molecule has 9 heteroatoms. The van der Waals surface area contributed by atoms with E-state index in [4.69, 9.17) is 0 Å². The molecule has 128 valence electrons. The first-order chi connectivity index (χ1) is 12.5. The predicted octanol–water partition coefficient (Wildman–Crippen LogP) is 2.83. The number of halogens is 1. The smallest absolute Gasteiger partial charge is 0.296 e. The topological polar surface area (TPSA) is 91.5 Å². The lowest BCUT2D eigenvalue weighted by molar-refractivity contribution is -0.482. The number of thiazole rings is 1. The number of hydrogen-bond donors (Lipinski definition) is 1. The average Bonchev–Trinajstić information content (AvgIpc) is 3.00. The highest BCUT2D eigenvalue weighted by Gasteiger charge is 2.35. The van der Waals surface area contributed by atoms with E-state index >= 15 is 0 Å². The Hall–Kier alpha value is -3.33. The van der Waals surface area contributed by atoms with Crippen LogP contribution in [0.2, 0.25) is 0 Å². The van der Waals surface area contributed by atoms with Gasteiger partial charge in [0.25, 0.3) is 12.5 Å². The third-order valence-electron chi connectivity index (χ3n) is 3.72. The van der Waals surface area contributed by atoms with Gasteiger partial charge in [-0.3, -0.25) is 14.9 Å². The maximum absolute atomic E-state index is 13.2. The van der Waals surface area contributed by atoms with E-state index in [9.17, 15) is 18.8 Å². The van der Waals surface area contributed by atoms with Gasteiger partial charge in [-0.2, -0.15) is 0 Å². The number of carbonyl (C=O) groups is 3. The van der Waals surface area contributed by atoms with E-state index in [-0.39, 0.29) is 16.3 Å². The van der Waals surface area contributed by atoms with Crippen molar-refractivity contribution in [3.63, 3.8) is 0 Å². The number of nitrogens with one attached hydrogen (secondary N) is 1. The van der Waals surface area contributed by atoms with Gasteiger partial charge < -0.3 is 0 Å². The molecule has 4 rings (SSSR count). The second-order valence-corrected chi connectivity index (χ2v) is 6.52. The molecule has 1 aliphatic heterocycles. The standard InChI is InChI=1S/C17H9FN4O3S/c18-9-5-6-12-13(7-9)26-17(19-12)20-14(23)8-22-16(25)11-4-2-1-3-10(11)15(24)21-22/h1-7H,8H2/p+1. The number of rotatable bonds is 3. The van der Waals surface area contributed by atoms with Crippen LogP contribution in [-0.4, -0.2) is 33.9 Å². The molecule has 3 aromatic rings. The van der Waals surface area contributed by atoms with Crippen molar-refractivity contribution in [2.24, 2.45) is 5.11 Å². The van der Waals surface area contributed by atoms with Crippen molar-refractivity contribution in [2.45, 2.75) is 0 Å². The molecular formula is C17H10FN4O3S+. The maximum Gasteiger partial charge on any atom is 0.445 e. The van der Waals surface area contributed by atoms with Gasteiger partial charge >= 0.3 is 11.8 Å². The highest BCUT2D eigenvalue weighted by Crippen LogP contribution is 2.26. The van der Waals surface area contributed by atoms with Gasteiger partial charge in [0, 0.05) is 5.11 Å². The minimum atomic E-state index is -0.580. The summed E-state index contributed by atoms with van der Waals surface area (Å²) in [5, 5.41) is 6.47. The Morgan fingerprint density at radius 3 is 2.73 bits per heavy atom. The first-order valence-corrected chi connectivity index (χ1v) is 8.36. The molecule has 0 fully saturated rings. The van der Waals surface area contributed by atoms with E-state index in [1.165, 1.54) is 30.3 Å². The van der Waals surface area contributed by atoms with Crippen LogP contribution in [0.15, 0.2) is 47.6 Å². The summed E-state index contributed by atoms with van der Waals surface area (Å²) >= 11 is 1.11. The quantitative estimate of drug-likeness (QED) is 0.719. The number of aromatic nitrogens is 1. The summed E-state index contributed by atoms with van der Waals surface area (Å²) in [6, 6.07) is 10.4. The fourth-order valence-electron chi connectivity index (χ4n) is 2.56. The lowest BCUT2D eigenvalue weighted by Gasteiger charge is -2.06. The third-order valence-corrected chi connectivity index (χ3v) is 4.66. The molecule has 3 amide bonds. The monoisotopic (exact) mass is 369 g/mol. The number of azo groups is 2. The molecule has 0 unspecified atom stereocenters. The van der Waals surface area contributed by atoms with Gasteiger partial charge in [-0.1, -0.05) is 23.5 Å². The largest absolute Gasteiger partial charge is 0.445 e. The molecule has 1 N–H and O–H groups in total. The fourth-order valence-corrected chi connectivity index (χ4v) is 3.46. The van der Waals surface area contributed by atoms with Crippen molar-refractivity contribution in [1.82, 2.24) is 4.98 Å². The van der Waals surface area contributed by atoms with E-state index in [2.05, 4.69) is 15.4 Å². The van der Waals surface area contributed by atoms with E-state index in [1.54, 1.807) is 12.1 Å². The van der Waals surface area contributed by atoms with Gasteiger partial charge in [-0.05, 0) is 35.0 Å². The number of fused-ring (bicyclic) bond motifs is 2. The summed E-state index contributed by atoms with van der Waals surface area (Å²) in [4.78, 5) is 40.7. The SMILES string of the molecule is O=C(C[N+]1=NC(=O)c2ccccc2C1=O)Nc1nc2ccc(F)cc2s1. The van der Waals surface area contributed by atoms with Crippen LogP contribution in [0.5, 0.6) is 0 Å². The number of hydrogen-bond acceptors (Lipinski definition) is 5. The van der Waals surface area contributed by atoms with Gasteiger partial charge in [0.2, 0.25) is 0 Å². The minimum absolute atomic E-state index is 0.204. The molecule has 0 saturated carbocycles. The molecule has 0 atom stereocenters. The molecule has 0 spiro atoms. The van der Waals surface area contributed by atoms with E-state index in [0.29, 0.717) is 10.2 Å². The second-order valence-electron chi connectivity index (χ2n) is 5.49. The van der Waals surface area contributed by atoms with Crippen LogP contribution in [0.4, 0.5) is 9.52 Å². The zero-order valence-corrected chi connectivity index (χ0v) is 13.9. The van der Waals surface area contributed by atoms with Crippen LogP contribution in [0.25, 0.3) is 10.2 Å². The Bertz CT molecular complexity index is 1120. The number of carbonyl (C=O) groups excluding carboxylic acids is 3. The summed E-state index contributed by atoms with van der Waals surface area (Å²) in [5.41, 5.74) is 0.965.